The lowest BCUT2D eigenvalue weighted by atomic mass is 9.59. The van der Waals surface area contributed by atoms with E-state index in [1.165, 1.54) is 25.7 Å². The van der Waals surface area contributed by atoms with Crippen LogP contribution in [0.3, 0.4) is 0 Å². The number of hydrogen-bond acceptors (Lipinski definition) is 4. The van der Waals surface area contributed by atoms with Crippen molar-refractivity contribution >= 4 is 0 Å². The van der Waals surface area contributed by atoms with Gasteiger partial charge in [-0.2, -0.15) is 0 Å². The van der Waals surface area contributed by atoms with Crippen molar-refractivity contribution in [3.8, 4) is 0 Å². The van der Waals surface area contributed by atoms with Crippen molar-refractivity contribution < 1.29 is 14.9 Å². The van der Waals surface area contributed by atoms with Crippen molar-refractivity contribution in [3.63, 3.8) is 0 Å². The van der Waals surface area contributed by atoms with Crippen molar-refractivity contribution in [1.82, 2.24) is 0 Å². The fourth-order valence-electron chi connectivity index (χ4n) is 3.61. The minimum Gasteiger partial charge on any atom is -0.499 e. The Hall–Kier alpha value is -0.580. The van der Waals surface area contributed by atoms with Crippen LogP contribution < -0.4 is 5.73 Å². The highest BCUT2D eigenvalue weighted by molar-refractivity contribution is 4.92. The Labute approximate surface area is 131 Å². The molecule has 0 aliphatic heterocycles. The minimum atomic E-state index is 0.224. The van der Waals surface area contributed by atoms with E-state index in [1.807, 2.05) is 0 Å². The van der Waals surface area contributed by atoms with Gasteiger partial charge in [-0.1, -0.05) is 39.7 Å². The third kappa shape index (κ3) is 6.81. The van der Waals surface area contributed by atoms with Gasteiger partial charge in [0.2, 0.25) is 0 Å². The molecule has 21 heavy (non-hydrogen) atoms. The lowest BCUT2D eigenvalue weighted by Crippen LogP contribution is -2.43. The van der Waals surface area contributed by atoms with E-state index in [-0.39, 0.29) is 6.10 Å². The Kier molecular flexibility index (Phi) is 14.2. The Balaban J connectivity index is 0. The second-order valence-corrected chi connectivity index (χ2v) is 5.84. The van der Waals surface area contributed by atoms with E-state index in [2.05, 4.69) is 27.4 Å². The molecular weight excluding hydrogens is 266 g/mol. The summed E-state index contributed by atoms with van der Waals surface area (Å²) in [5, 5.41) is 14.0. The first kappa shape index (κ1) is 22.7. The van der Waals surface area contributed by atoms with Gasteiger partial charge in [0, 0.05) is 20.1 Å². The number of hydrogen-bond donors (Lipinski definition) is 3. The van der Waals surface area contributed by atoms with E-state index in [4.69, 9.17) is 20.7 Å². The third-order valence-corrected chi connectivity index (χ3v) is 4.93. The van der Waals surface area contributed by atoms with Gasteiger partial charge in [-0.25, -0.2) is 0 Å². The molecule has 0 amide bonds. The van der Waals surface area contributed by atoms with Crippen LogP contribution in [0.1, 0.15) is 52.9 Å². The van der Waals surface area contributed by atoms with Gasteiger partial charge in [0.05, 0.1) is 12.4 Å². The van der Waals surface area contributed by atoms with E-state index >= 15 is 0 Å². The third-order valence-electron chi connectivity index (χ3n) is 4.93. The van der Waals surface area contributed by atoms with E-state index in [9.17, 15) is 0 Å². The van der Waals surface area contributed by atoms with Crippen LogP contribution in [0.2, 0.25) is 0 Å². The van der Waals surface area contributed by atoms with Crippen molar-refractivity contribution in [2.75, 3.05) is 20.8 Å². The van der Waals surface area contributed by atoms with Gasteiger partial charge in [-0.05, 0) is 37.6 Å². The lowest BCUT2D eigenvalue weighted by molar-refractivity contribution is -0.0294. The first-order valence-corrected chi connectivity index (χ1v) is 7.92. The van der Waals surface area contributed by atoms with Crippen molar-refractivity contribution in [2.24, 2.45) is 23.0 Å². The fraction of sp³-hybridized carbons (Fsp3) is 0.882. The molecule has 4 heteroatoms. The molecule has 1 fully saturated rings. The molecule has 0 aromatic rings. The van der Waals surface area contributed by atoms with Gasteiger partial charge in [0.1, 0.15) is 0 Å². The molecule has 0 aromatic carbocycles. The van der Waals surface area contributed by atoms with Crippen molar-refractivity contribution in [3.05, 3.63) is 12.8 Å². The zero-order valence-corrected chi connectivity index (χ0v) is 14.6. The highest BCUT2D eigenvalue weighted by Crippen LogP contribution is 2.49. The Bertz CT molecular complexity index is 248. The largest absolute Gasteiger partial charge is 0.499 e. The molecule has 0 aromatic heterocycles. The topological polar surface area (TPSA) is 75.7 Å². The van der Waals surface area contributed by atoms with Crippen LogP contribution in [0.5, 0.6) is 0 Å². The maximum atomic E-state index is 7.00. The Morgan fingerprint density at radius 3 is 2.33 bits per heavy atom. The quantitative estimate of drug-likeness (QED) is 0.659. The molecule has 4 N–H and O–H groups in total. The molecule has 1 aliphatic carbocycles. The molecule has 1 aliphatic rings. The summed E-state index contributed by atoms with van der Waals surface area (Å²) in [5.41, 5.74) is 6.17. The van der Waals surface area contributed by atoms with E-state index in [0.717, 1.165) is 33.1 Å². The average molecular weight is 303 g/mol. The minimum absolute atomic E-state index is 0.224. The van der Waals surface area contributed by atoms with Crippen LogP contribution in [-0.4, -0.2) is 37.1 Å². The predicted molar refractivity (Wildman–Crippen MR) is 89.9 cm³/mol. The smallest absolute Gasteiger partial charge is 0.0983 e. The summed E-state index contributed by atoms with van der Waals surface area (Å²) in [4.78, 5) is 0. The van der Waals surface area contributed by atoms with Gasteiger partial charge >= 0.3 is 0 Å². The summed E-state index contributed by atoms with van der Waals surface area (Å²) in [6.07, 6.45) is 8.23. The molecule has 4 nitrogen and oxygen atoms in total. The lowest BCUT2D eigenvalue weighted by Gasteiger charge is -2.47. The molecule has 1 rings (SSSR count). The second-order valence-electron chi connectivity index (χ2n) is 5.84. The summed E-state index contributed by atoms with van der Waals surface area (Å²) >= 11 is 0. The molecule has 128 valence electrons. The van der Waals surface area contributed by atoms with Crippen molar-refractivity contribution in [1.29, 1.82) is 0 Å². The molecule has 4 atom stereocenters. The summed E-state index contributed by atoms with van der Waals surface area (Å²) in [6.45, 7) is 11.4. The number of ether oxygens (including phenoxy) is 1. The zero-order chi connectivity index (χ0) is 16.9. The first-order chi connectivity index (χ1) is 10.1. The average Bonchev–Trinajstić information content (AvgIpc) is 2.52. The summed E-state index contributed by atoms with van der Waals surface area (Å²) in [5.74, 6) is 1.31. The van der Waals surface area contributed by atoms with Crippen LogP contribution in [-0.2, 0) is 4.74 Å². The molecule has 0 heterocycles. The number of aliphatic hydroxyl groups excluding tert-OH is 2. The molecular formula is C17H37NO3. The van der Waals surface area contributed by atoms with Gasteiger partial charge in [-0.3, -0.25) is 0 Å². The molecule has 1 saturated carbocycles. The normalized spacial score (nSPS) is 27.1. The maximum absolute atomic E-state index is 7.00. The second kappa shape index (κ2) is 13.1. The van der Waals surface area contributed by atoms with Crippen LogP contribution in [0.4, 0.5) is 0 Å². The van der Waals surface area contributed by atoms with Crippen LogP contribution >= 0.6 is 0 Å². The van der Waals surface area contributed by atoms with Gasteiger partial charge in [0.15, 0.2) is 0 Å². The molecule has 0 bridgehead atoms. The number of rotatable bonds is 6. The molecule has 0 spiro atoms. The zero-order valence-electron chi connectivity index (χ0n) is 14.6. The van der Waals surface area contributed by atoms with Crippen molar-refractivity contribution in [2.45, 2.75) is 59.0 Å². The van der Waals surface area contributed by atoms with E-state index < -0.39 is 0 Å². The van der Waals surface area contributed by atoms with Crippen LogP contribution in [0, 0.1) is 17.3 Å². The molecule has 0 radical (unpaired) electrons. The summed E-state index contributed by atoms with van der Waals surface area (Å²) in [7, 11) is 2.00. The monoisotopic (exact) mass is 303 g/mol. The summed E-state index contributed by atoms with van der Waals surface area (Å²) in [6, 6.07) is 0. The number of nitrogens with two attached hydrogens (primary N) is 1. The Morgan fingerprint density at radius 1 is 1.33 bits per heavy atom. The first-order valence-electron chi connectivity index (χ1n) is 7.92. The number of aliphatic hydroxyl groups is 2. The van der Waals surface area contributed by atoms with Gasteiger partial charge in [0.25, 0.3) is 0 Å². The van der Waals surface area contributed by atoms with E-state index in [1.54, 1.807) is 6.26 Å². The fourth-order valence-corrected chi connectivity index (χ4v) is 3.61. The molecule has 0 saturated heterocycles. The molecule has 4 unspecified atom stereocenters. The highest BCUT2D eigenvalue weighted by Gasteiger charge is 2.42. The maximum Gasteiger partial charge on any atom is 0.0983 e. The summed E-state index contributed by atoms with van der Waals surface area (Å²) < 4.78 is 5.63. The SMILES string of the molecule is C=COC(C)C(CCN)C1(C)CCCCC1C.CO.CO. The Morgan fingerprint density at radius 2 is 1.90 bits per heavy atom. The van der Waals surface area contributed by atoms with Gasteiger partial charge < -0.3 is 20.7 Å². The standard InChI is InChI=1S/C15H29NO.2CH4O/c1-5-17-13(3)14(9-11-16)15(4)10-7-6-8-12(15)2;2*1-2/h5,12-14H,1,6-11,16H2,2-4H3;2*2H,1H3. The van der Waals surface area contributed by atoms with Crippen LogP contribution in [0.15, 0.2) is 12.8 Å². The van der Waals surface area contributed by atoms with E-state index in [0.29, 0.717) is 11.3 Å². The highest BCUT2D eigenvalue weighted by atomic mass is 16.5. The van der Waals surface area contributed by atoms with Gasteiger partial charge in [-0.15, -0.1) is 0 Å². The predicted octanol–water partition coefficient (Wildman–Crippen LogP) is 2.93. The van der Waals surface area contributed by atoms with Crippen LogP contribution in [0.25, 0.3) is 0 Å².